The van der Waals surface area contributed by atoms with Gasteiger partial charge in [-0.3, -0.25) is 0 Å². The lowest BCUT2D eigenvalue weighted by Crippen LogP contribution is -2.16. The zero-order valence-electron chi connectivity index (χ0n) is 10.6. The third kappa shape index (κ3) is 4.32. The summed E-state index contributed by atoms with van der Waals surface area (Å²) < 4.78 is 37.6. The molecule has 5 heteroatoms. The smallest absolute Gasteiger partial charge is 0.382 e. The molecule has 1 aromatic carbocycles. The molecule has 1 aromatic rings. The fraction of sp³-hybridized carbons (Fsp3) is 0.357. The first-order valence-corrected chi connectivity index (χ1v) is 5.87. The summed E-state index contributed by atoms with van der Waals surface area (Å²) in [7, 11) is 0. The molecule has 1 rings (SSSR count). The van der Waals surface area contributed by atoms with E-state index in [1.807, 2.05) is 6.92 Å². The molecule has 102 valence electrons. The molecule has 1 unspecified atom stereocenters. The van der Waals surface area contributed by atoms with Crippen LogP contribution < -0.4 is 5.32 Å². The number of halogens is 3. The SMILES string of the molecule is C=CCCC(C)Nc1ccc(C(F)(F)F)cc1C#N. The van der Waals surface area contributed by atoms with Gasteiger partial charge in [0.1, 0.15) is 6.07 Å². The van der Waals surface area contributed by atoms with E-state index >= 15 is 0 Å². The van der Waals surface area contributed by atoms with Gasteiger partial charge in [0.25, 0.3) is 0 Å². The highest BCUT2D eigenvalue weighted by molar-refractivity contribution is 5.59. The molecule has 0 heterocycles. The van der Waals surface area contributed by atoms with Gasteiger partial charge in [-0.05, 0) is 38.0 Å². The van der Waals surface area contributed by atoms with Crippen molar-refractivity contribution >= 4 is 5.69 Å². The first kappa shape index (κ1) is 15.1. The van der Waals surface area contributed by atoms with Crippen LogP contribution in [0.1, 0.15) is 30.9 Å². The maximum Gasteiger partial charge on any atom is 0.416 e. The van der Waals surface area contributed by atoms with Gasteiger partial charge in [0.2, 0.25) is 0 Å². The minimum absolute atomic E-state index is 0.000257. The minimum Gasteiger partial charge on any atom is -0.382 e. The molecule has 0 saturated heterocycles. The summed E-state index contributed by atoms with van der Waals surface area (Å²) in [5.41, 5.74) is -0.388. The molecule has 0 saturated carbocycles. The fourth-order valence-corrected chi connectivity index (χ4v) is 1.64. The second-order valence-corrected chi connectivity index (χ2v) is 4.28. The van der Waals surface area contributed by atoms with Crippen molar-refractivity contribution in [3.05, 3.63) is 42.0 Å². The third-order valence-electron chi connectivity index (χ3n) is 2.67. The molecule has 2 nitrogen and oxygen atoms in total. The molecular formula is C14H15F3N2. The van der Waals surface area contributed by atoms with Gasteiger partial charge >= 0.3 is 6.18 Å². The van der Waals surface area contributed by atoms with Crippen LogP contribution in [0.4, 0.5) is 18.9 Å². The summed E-state index contributed by atoms with van der Waals surface area (Å²) in [6.45, 7) is 5.51. The quantitative estimate of drug-likeness (QED) is 0.806. The standard InChI is InChI=1S/C14H15F3N2/c1-3-4-5-10(2)19-13-7-6-12(14(15,16)17)8-11(13)9-18/h3,6-8,10,19H,1,4-5H2,2H3. The molecule has 0 aliphatic rings. The van der Waals surface area contributed by atoms with E-state index in [4.69, 9.17) is 5.26 Å². The number of allylic oxidation sites excluding steroid dienone is 1. The van der Waals surface area contributed by atoms with Crippen molar-refractivity contribution in [1.29, 1.82) is 5.26 Å². The Morgan fingerprint density at radius 1 is 1.47 bits per heavy atom. The van der Waals surface area contributed by atoms with Gasteiger partial charge in [-0.15, -0.1) is 6.58 Å². The second-order valence-electron chi connectivity index (χ2n) is 4.28. The largest absolute Gasteiger partial charge is 0.416 e. The lowest BCUT2D eigenvalue weighted by atomic mass is 10.1. The Bertz CT molecular complexity index is 486. The monoisotopic (exact) mass is 268 g/mol. The molecule has 0 spiro atoms. The summed E-state index contributed by atoms with van der Waals surface area (Å²) >= 11 is 0. The molecule has 1 atom stereocenters. The van der Waals surface area contributed by atoms with Crippen LogP contribution in [0.3, 0.4) is 0 Å². The van der Waals surface area contributed by atoms with Crippen molar-refractivity contribution < 1.29 is 13.2 Å². The molecule has 0 fully saturated rings. The summed E-state index contributed by atoms with van der Waals surface area (Å²) in [6, 6.07) is 4.98. The summed E-state index contributed by atoms with van der Waals surface area (Å²) in [5, 5.41) is 12.0. The first-order valence-electron chi connectivity index (χ1n) is 5.87. The molecule has 0 aliphatic carbocycles. The molecule has 0 radical (unpaired) electrons. The van der Waals surface area contributed by atoms with E-state index in [-0.39, 0.29) is 11.6 Å². The van der Waals surface area contributed by atoms with E-state index in [0.29, 0.717) is 5.69 Å². The van der Waals surface area contributed by atoms with E-state index in [2.05, 4.69) is 11.9 Å². The van der Waals surface area contributed by atoms with Gasteiger partial charge in [-0.25, -0.2) is 0 Å². The van der Waals surface area contributed by atoms with Crippen molar-refractivity contribution in [3.63, 3.8) is 0 Å². The number of hydrogen-bond donors (Lipinski definition) is 1. The topological polar surface area (TPSA) is 35.8 Å². The third-order valence-corrected chi connectivity index (χ3v) is 2.67. The number of nitrogens with one attached hydrogen (secondary N) is 1. The van der Waals surface area contributed by atoms with Gasteiger partial charge in [-0.1, -0.05) is 6.08 Å². The Labute approximate surface area is 110 Å². The normalized spacial score (nSPS) is 12.6. The molecule has 1 N–H and O–H groups in total. The highest BCUT2D eigenvalue weighted by atomic mass is 19.4. The van der Waals surface area contributed by atoms with Gasteiger partial charge in [0, 0.05) is 6.04 Å². The highest BCUT2D eigenvalue weighted by Gasteiger charge is 2.31. The molecule has 19 heavy (non-hydrogen) atoms. The zero-order valence-corrected chi connectivity index (χ0v) is 10.6. The average molecular weight is 268 g/mol. The van der Waals surface area contributed by atoms with Gasteiger partial charge in [-0.2, -0.15) is 18.4 Å². The molecule has 0 bridgehead atoms. The Morgan fingerprint density at radius 2 is 2.16 bits per heavy atom. The van der Waals surface area contributed by atoms with Crippen LogP contribution >= 0.6 is 0 Å². The van der Waals surface area contributed by atoms with Crippen molar-refractivity contribution in [2.45, 2.75) is 32.0 Å². The lowest BCUT2D eigenvalue weighted by molar-refractivity contribution is -0.137. The van der Waals surface area contributed by atoms with Gasteiger partial charge in [0.15, 0.2) is 0 Å². The number of alkyl halides is 3. The molecular weight excluding hydrogens is 253 g/mol. The summed E-state index contributed by atoms with van der Waals surface area (Å²) in [4.78, 5) is 0. The summed E-state index contributed by atoms with van der Waals surface area (Å²) in [6.07, 6.45) is -1.05. The van der Waals surface area contributed by atoms with E-state index in [1.54, 1.807) is 12.1 Å². The first-order chi connectivity index (χ1) is 8.88. The number of benzene rings is 1. The molecule has 0 amide bonds. The maximum absolute atomic E-state index is 12.5. The van der Waals surface area contributed by atoms with Gasteiger partial charge in [0.05, 0.1) is 16.8 Å². The Kier molecular flexibility index (Phi) is 4.99. The number of anilines is 1. The Morgan fingerprint density at radius 3 is 2.68 bits per heavy atom. The van der Waals surface area contributed by atoms with Crippen LogP contribution in [0.25, 0.3) is 0 Å². The van der Waals surface area contributed by atoms with Crippen molar-refractivity contribution in [3.8, 4) is 6.07 Å². The Hall–Kier alpha value is -1.96. The van der Waals surface area contributed by atoms with Crippen LogP contribution in [0.15, 0.2) is 30.9 Å². The lowest BCUT2D eigenvalue weighted by Gasteiger charge is -2.16. The van der Waals surface area contributed by atoms with Crippen LogP contribution in [0.5, 0.6) is 0 Å². The second kappa shape index (κ2) is 6.28. The van der Waals surface area contributed by atoms with Crippen LogP contribution in [-0.2, 0) is 6.18 Å². The van der Waals surface area contributed by atoms with E-state index in [9.17, 15) is 13.2 Å². The number of hydrogen-bond acceptors (Lipinski definition) is 2. The van der Waals surface area contributed by atoms with Crippen molar-refractivity contribution in [1.82, 2.24) is 0 Å². The fourth-order valence-electron chi connectivity index (χ4n) is 1.64. The Balaban J connectivity index is 2.91. The number of rotatable bonds is 5. The molecule has 0 aliphatic heterocycles. The highest BCUT2D eigenvalue weighted by Crippen LogP contribution is 2.31. The predicted octanol–water partition coefficient (Wildman–Crippen LogP) is 4.34. The summed E-state index contributed by atoms with van der Waals surface area (Å²) in [5.74, 6) is 0. The zero-order chi connectivity index (χ0) is 14.5. The van der Waals surface area contributed by atoms with Gasteiger partial charge < -0.3 is 5.32 Å². The van der Waals surface area contributed by atoms with Crippen molar-refractivity contribution in [2.75, 3.05) is 5.32 Å². The number of nitrogens with zero attached hydrogens (tertiary/aromatic N) is 1. The van der Waals surface area contributed by atoms with E-state index in [1.165, 1.54) is 6.07 Å². The predicted molar refractivity (Wildman–Crippen MR) is 68.7 cm³/mol. The van der Waals surface area contributed by atoms with E-state index < -0.39 is 11.7 Å². The van der Waals surface area contributed by atoms with Crippen LogP contribution in [-0.4, -0.2) is 6.04 Å². The van der Waals surface area contributed by atoms with Crippen molar-refractivity contribution in [2.24, 2.45) is 0 Å². The average Bonchev–Trinajstić information content (AvgIpc) is 2.35. The van der Waals surface area contributed by atoms with Crippen LogP contribution in [0.2, 0.25) is 0 Å². The van der Waals surface area contributed by atoms with E-state index in [0.717, 1.165) is 25.0 Å². The number of nitriles is 1. The minimum atomic E-state index is -4.43. The van der Waals surface area contributed by atoms with Crippen LogP contribution in [0, 0.1) is 11.3 Å². The molecule has 0 aromatic heterocycles. The maximum atomic E-state index is 12.5.